The minimum Gasteiger partial charge on any atom is -0.492 e. The van der Waals surface area contributed by atoms with Gasteiger partial charge in [-0.3, -0.25) is 0 Å². The predicted octanol–water partition coefficient (Wildman–Crippen LogP) is 1.72. The highest BCUT2D eigenvalue weighted by atomic mass is 16.5. The molecule has 4 heteroatoms. The third-order valence-corrected chi connectivity index (χ3v) is 2.25. The van der Waals surface area contributed by atoms with Crippen LogP contribution in [-0.4, -0.2) is 23.1 Å². The summed E-state index contributed by atoms with van der Waals surface area (Å²) in [5.41, 5.74) is 7.48. The quantitative estimate of drug-likeness (QED) is 0.819. The molecule has 1 aromatic carbocycles. The van der Waals surface area contributed by atoms with Crippen molar-refractivity contribution in [2.24, 2.45) is 5.73 Å². The van der Waals surface area contributed by atoms with Gasteiger partial charge in [-0.25, -0.2) is 4.98 Å². The first kappa shape index (κ1) is 10.7. The SMILES string of the molecule is Cc1ncc(-c2ccc(OCCN)cc2)[nH]1. The summed E-state index contributed by atoms with van der Waals surface area (Å²) < 4.78 is 5.40. The van der Waals surface area contributed by atoms with Gasteiger partial charge in [0, 0.05) is 6.54 Å². The molecule has 16 heavy (non-hydrogen) atoms. The van der Waals surface area contributed by atoms with E-state index in [4.69, 9.17) is 10.5 Å². The van der Waals surface area contributed by atoms with Gasteiger partial charge >= 0.3 is 0 Å². The van der Waals surface area contributed by atoms with Crippen molar-refractivity contribution in [3.63, 3.8) is 0 Å². The van der Waals surface area contributed by atoms with Gasteiger partial charge in [-0.2, -0.15) is 0 Å². The van der Waals surface area contributed by atoms with Crippen LogP contribution >= 0.6 is 0 Å². The standard InChI is InChI=1S/C12H15N3O/c1-9-14-8-12(15-9)10-2-4-11(5-3-10)16-7-6-13/h2-5,8H,6-7,13H2,1H3,(H,14,15). The number of H-pyrrole nitrogens is 1. The molecule has 4 nitrogen and oxygen atoms in total. The Morgan fingerprint density at radius 1 is 1.31 bits per heavy atom. The molecule has 0 saturated carbocycles. The van der Waals surface area contributed by atoms with Crippen LogP contribution in [-0.2, 0) is 0 Å². The second-order valence-corrected chi connectivity index (χ2v) is 3.54. The number of aromatic nitrogens is 2. The van der Waals surface area contributed by atoms with Crippen LogP contribution < -0.4 is 10.5 Å². The van der Waals surface area contributed by atoms with Gasteiger partial charge < -0.3 is 15.5 Å². The number of ether oxygens (including phenoxy) is 1. The van der Waals surface area contributed by atoms with E-state index in [2.05, 4.69) is 9.97 Å². The van der Waals surface area contributed by atoms with Gasteiger partial charge in [0.05, 0.1) is 11.9 Å². The molecular formula is C12H15N3O. The van der Waals surface area contributed by atoms with Crippen LogP contribution in [0.1, 0.15) is 5.82 Å². The Hall–Kier alpha value is -1.81. The van der Waals surface area contributed by atoms with Crippen molar-refractivity contribution < 1.29 is 4.74 Å². The Morgan fingerprint density at radius 3 is 2.62 bits per heavy atom. The minimum absolute atomic E-state index is 0.529. The predicted molar refractivity (Wildman–Crippen MR) is 63.3 cm³/mol. The van der Waals surface area contributed by atoms with Crippen molar-refractivity contribution in [3.05, 3.63) is 36.3 Å². The van der Waals surface area contributed by atoms with Gasteiger partial charge in [0.15, 0.2) is 0 Å². The summed E-state index contributed by atoms with van der Waals surface area (Å²) in [7, 11) is 0. The lowest BCUT2D eigenvalue weighted by Crippen LogP contribution is -2.10. The van der Waals surface area contributed by atoms with Crippen LogP contribution in [0.15, 0.2) is 30.5 Å². The molecule has 0 bridgehead atoms. The molecule has 0 unspecified atom stereocenters. The molecule has 0 aliphatic carbocycles. The summed E-state index contributed by atoms with van der Waals surface area (Å²) in [5.74, 6) is 1.75. The average Bonchev–Trinajstić information content (AvgIpc) is 2.74. The van der Waals surface area contributed by atoms with Crippen LogP contribution in [0.3, 0.4) is 0 Å². The monoisotopic (exact) mass is 217 g/mol. The summed E-state index contributed by atoms with van der Waals surface area (Å²) in [5, 5.41) is 0. The van der Waals surface area contributed by atoms with Crippen LogP contribution in [0.2, 0.25) is 0 Å². The second kappa shape index (κ2) is 4.81. The van der Waals surface area contributed by atoms with Crippen molar-refractivity contribution in [1.29, 1.82) is 0 Å². The fourth-order valence-electron chi connectivity index (χ4n) is 1.48. The molecule has 0 atom stereocenters. The van der Waals surface area contributed by atoms with Gasteiger partial charge in [0.2, 0.25) is 0 Å². The molecule has 84 valence electrons. The van der Waals surface area contributed by atoms with Crippen molar-refractivity contribution in [1.82, 2.24) is 9.97 Å². The lowest BCUT2D eigenvalue weighted by molar-refractivity contribution is 0.328. The van der Waals surface area contributed by atoms with Crippen molar-refractivity contribution in [2.75, 3.05) is 13.2 Å². The van der Waals surface area contributed by atoms with E-state index in [1.807, 2.05) is 37.4 Å². The number of nitrogens with two attached hydrogens (primary N) is 1. The van der Waals surface area contributed by atoms with Gasteiger partial charge in [-0.15, -0.1) is 0 Å². The number of aryl methyl sites for hydroxylation is 1. The first-order chi connectivity index (χ1) is 7.79. The molecule has 0 aliphatic heterocycles. The fraction of sp³-hybridized carbons (Fsp3) is 0.250. The number of hydrogen-bond acceptors (Lipinski definition) is 3. The Bertz CT molecular complexity index is 448. The van der Waals surface area contributed by atoms with Crippen LogP contribution in [0.4, 0.5) is 0 Å². The van der Waals surface area contributed by atoms with Gasteiger partial charge in [-0.1, -0.05) is 0 Å². The zero-order valence-electron chi connectivity index (χ0n) is 9.23. The molecule has 2 aromatic rings. The first-order valence-electron chi connectivity index (χ1n) is 5.24. The second-order valence-electron chi connectivity index (χ2n) is 3.54. The average molecular weight is 217 g/mol. The van der Waals surface area contributed by atoms with E-state index in [1.165, 1.54) is 0 Å². The summed E-state index contributed by atoms with van der Waals surface area (Å²) in [4.78, 5) is 7.34. The molecule has 0 fully saturated rings. The maximum absolute atomic E-state index is 5.40. The number of aromatic amines is 1. The van der Waals surface area contributed by atoms with E-state index >= 15 is 0 Å². The summed E-state index contributed by atoms with van der Waals surface area (Å²) >= 11 is 0. The molecule has 0 radical (unpaired) electrons. The zero-order chi connectivity index (χ0) is 11.4. The van der Waals surface area contributed by atoms with E-state index in [0.29, 0.717) is 13.2 Å². The van der Waals surface area contributed by atoms with Gasteiger partial charge in [-0.05, 0) is 36.8 Å². The molecule has 0 saturated heterocycles. The highest BCUT2D eigenvalue weighted by molar-refractivity contribution is 5.59. The molecule has 3 N–H and O–H groups in total. The van der Waals surface area contributed by atoms with Gasteiger partial charge in [0.25, 0.3) is 0 Å². The number of hydrogen-bond donors (Lipinski definition) is 2. The highest BCUT2D eigenvalue weighted by Gasteiger charge is 2.00. The normalized spacial score (nSPS) is 10.4. The van der Waals surface area contributed by atoms with Crippen molar-refractivity contribution in [3.8, 4) is 17.0 Å². The highest BCUT2D eigenvalue weighted by Crippen LogP contribution is 2.20. The van der Waals surface area contributed by atoms with Crippen molar-refractivity contribution >= 4 is 0 Å². The molecule has 0 amide bonds. The van der Waals surface area contributed by atoms with Crippen molar-refractivity contribution in [2.45, 2.75) is 6.92 Å². The summed E-state index contributed by atoms with van der Waals surface area (Å²) in [6, 6.07) is 7.86. The largest absolute Gasteiger partial charge is 0.492 e. The Kier molecular flexibility index (Phi) is 3.22. The number of benzene rings is 1. The van der Waals surface area contributed by atoms with E-state index in [0.717, 1.165) is 22.8 Å². The third kappa shape index (κ3) is 2.41. The van der Waals surface area contributed by atoms with E-state index < -0.39 is 0 Å². The lowest BCUT2D eigenvalue weighted by atomic mass is 10.2. The number of imidazole rings is 1. The fourth-order valence-corrected chi connectivity index (χ4v) is 1.48. The number of rotatable bonds is 4. The molecular weight excluding hydrogens is 202 g/mol. The summed E-state index contributed by atoms with van der Waals surface area (Å²) in [6.07, 6.45) is 1.82. The van der Waals surface area contributed by atoms with Gasteiger partial charge in [0.1, 0.15) is 18.2 Å². The topological polar surface area (TPSA) is 63.9 Å². The van der Waals surface area contributed by atoms with E-state index in [9.17, 15) is 0 Å². The third-order valence-electron chi connectivity index (χ3n) is 2.25. The van der Waals surface area contributed by atoms with Crippen LogP contribution in [0.5, 0.6) is 5.75 Å². The first-order valence-corrected chi connectivity index (χ1v) is 5.24. The maximum atomic E-state index is 5.40. The maximum Gasteiger partial charge on any atom is 0.119 e. The molecule has 0 aliphatic rings. The lowest BCUT2D eigenvalue weighted by Gasteiger charge is -2.04. The minimum atomic E-state index is 0.529. The van der Waals surface area contributed by atoms with Crippen LogP contribution in [0, 0.1) is 6.92 Å². The molecule has 1 heterocycles. The van der Waals surface area contributed by atoms with E-state index in [1.54, 1.807) is 0 Å². The van der Waals surface area contributed by atoms with Crippen LogP contribution in [0.25, 0.3) is 11.3 Å². The molecule has 1 aromatic heterocycles. The molecule has 2 rings (SSSR count). The smallest absolute Gasteiger partial charge is 0.119 e. The zero-order valence-corrected chi connectivity index (χ0v) is 9.23. The number of nitrogens with zero attached hydrogens (tertiary/aromatic N) is 1. The summed E-state index contributed by atoms with van der Waals surface area (Å²) in [6.45, 7) is 3.01. The van der Waals surface area contributed by atoms with E-state index in [-0.39, 0.29) is 0 Å². The Balaban J connectivity index is 2.13. The molecule has 0 spiro atoms. The Morgan fingerprint density at radius 2 is 2.06 bits per heavy atom. The number of nitrogens with one attached hydrogen (secondary N) is 1. The Labute approximate surface area is 94.5 Å².